The van der Waals surface area contributed by atoms with Crippen molar-refractivity contribution in [2.45, 2.75) is 26.1 Å². The fraction of sp³-hybridized carbons (Fsp3) is 0.889. The lowest BCUT2D eigenvalue weighted by atomic mass is 10.2. The molecule has 1 saturated heterocycles. The van der Waals surface area contributed by atoms with E-state index in [1.165, 1.54) is 6.92 Å². The lowest BCUT2D eigenvalue weighted by molar-refractivity contribution is -0.154. The summed E-state index contributed by atoms with van der Waals surface area (Å²) in [5, 5.41) is 12.1. The molecule has 5 nitrogen and oxygen atoms in total. The number of carbonyl (C=O) groups excluding carboxylic acids is 1. The zero-order chi connectivity index (χ0) is 10.6. The third-order valence-electron chi connectivity index (χ3n) is 2.03. The van der Waals surface area contributed by atoms with Crippen molar-refractivity contribution in [3.8, 4) is 0 Å². The van der Waals surface area contributed by atoms with Gasteiger partial charge in [-0.05, 0) is 6.92 Å². The summed E-state index contributed by atoms with van der Waals surface area (Å²) in [6.45, 7) is 6.06. The highest BCUT2D eigenvalue weighted by Gasteiger charge is 2.28. The van der Waals surface area contributed by atoms with E-state index < -0.39 is 0 Å². The number of likely N-dealkylation sites (tertiary alicyclic amines) is 1. The van der Waals surface area contributed by atoms with Crippen LogP contribution in [0.3, 0.4) is 0 Å². The van der Waals surface area contributed by atoms with E-state index >= 15 is 0 Å². The number of esters is 1. The SMILES string of the molecule is CC(=O)OC1CN(CNCC(C)O)C1. The smallest absolute Gasteiger partial charge is 0.302 e. The number of ether oxygens (including phenoxy) is 1. The highest BCUT2D eigenvalue weighted by Crippen LogP contribution is 2.09. The van der Waals surface area contributed by atoms with E-state index in [1.54, 1.807) is 6.92 Å². The molecule has 0 radical (unpaired) electrons. The van der Waals surface area contributed by atoms with Crippen LogP contribution in [0, 0.1) is 0 Å². The summed E-state index contributed by atoms with van der Waals surface area (Å²) in [7, 11) is 0. The molecule has 0 aliphatic carbocycles. The van der Waals surface area contributed by atoms with E-state index in [0.717, 1.165) is 19.8 Å². The minimum Gasteiger partial charge on any atom is -0.460 e. The average Bonchev–Trinajstić information content (AvgIpc) is 1.98. The summed E-state index contributed by atoms with van der Waals surface area (Å²) in [4.78, 5) is 12.7. The Bertz CT molecular complexity index is 190. The van der Waals surface area contributed by atoms with Gasteiger partial charge in [-0.15, -0.1) is 0 Å². The Balaban J connectivity index is 1.96. The van der Waals surface area contributed by atoms with Crippen molar-refractivity contribution in [1.29, 1.82) is 0 Å². The van der Waals surface area contributed by atoms with Crippen LogP contribution in [0.2, 0.25) is 0 Å². The van der Waals surface area contributed by atoms with Gasteiger partial charge in [0, 0.05) is 33.2 Å². The highest BCUT2D eigenvalue weighted by molar-refractivity contribution is 5.66. The molecule has 5 heteroatoms. The van der Waals surface area contributed by atoms with E-state index in [-0.39, 0.29) is 18.2 Å². The van der Waals surface area contributed by atoms with Gasteiger partial charge in [0.2, 0.25) is 0 Å². The third-order valence-corrected chi connectivity index (χ3v) is 2.03. The predicted octanol–water partition coefficient (Wildman–Crippen LogP) is -0.838. The van der Waals surface area contributed by atoms with Crippen LogP contribution in [0.5, 0.6) is 0 Å². The summed E-state index contributed by atoms with van der Waals surface area (Å²) in [5.74, 6) is -0.216. The second-order valence-electron chi connectivity index (χ2n) is 3.73. The maximum Gasteiger partial charge on any atom is 0.302 e. The van der Waals surface area contributed by atoms with Crippen molar-refractivity contribution >= 4 is 5.97 Å². The van der Waals surface area contributed by atoms with Gasteiger partial charge in [-0.25, -0.2) is 0 Å². The molecule has 0 aromatic rings. The molecular weight excluding hydrogens is 184 g/mol. The number of aliphatic hydroxyl groups excluding tert-OH is 1. The first-order chi connectivity index (χ1) is 6.58. The van der Waals surface area contributed by atoms with Gasteiger partial charge in [0.05, 0.1) is 6.10 Å². The first-order valence-electron chi connectivity index (χ1n) is 4.86. The van der Waals surface area contributed by atoms with Gasteiger partial charge in [-0.3, -0.25) is 9.69 Å². The number of nitrogens with one attached hydrogen (secondary N) is 1. The van der Waals surface area contributed by atoms with Gasteiger partial charge in [-0.1, -0.05) is 0 Å². The van der Waals surface area contributed by atoms with E-state index in [0.29, 0.717) is 6.54 Å². The number of aliphatic hydroxyl groups is 1. The van der Waals surface area contributed by atoms with E-state index in [2.05, 4.69) is 10.2 Å². The van der Waals surface area contributed by atoms with E-state index in [1.807, 2.05) is 0 Å². The van der Waals surface area contributed by atoms with Gasteiger partial charge < -0.3 is 15.2 Å². The molecule has 1 rings (SSSR count). The molecule has 14 heavy (non-hydrogen) atoms. The molecule has 0 amide bonds. The van der Waals surface area contributed by atoms with Gasteiger partial charge in [0.15, 0.2) is 0 Å². The molecule has 0 aromatic carbocycles. The van der Waals surface area contributed by atoms with Crippen LogP contribution >= 0.6 is 0 Å². The molecule has 1 heterocycles. The number of carbonyl (C=O) groups is 1. The summed E-state index contributed by atoms with van der Waals surface area (Å²) in [6, 6.07) is 0. The second kappa shape index (κ2) is 5.29. The fourth-order valence-corrected chi connectivity index (χ4v) is 1.39. The van der Waals surface area contributed by atoms with Crippen LogP contribution < -0.4 is 5.32 Å². The van der Waals surface area contributed by atoms with Crippen LogP contribution in [0.15, 0.2) is 0 Å². The molecule has 1 fully saturated rings. The van der Waals surface area contributed by atoms with Crippen molar-refractivity contribution in [2.24, 2.45) is 0 Å². The maximum atomic E-state index is 10.6. The summed E-state index contributed by atoms with van der Waals surface area (Å²) in [6.07, 6.45) is -0.263. The van der Waals surface area contributed by atoms with Crippen LogP contribution in [0.1, 0.15) is 13.8 Å². The minimum atomic E-state index is -0.319. The Morgan fingerprint density at radius 2 is 2.36 bits per heavy atom. The van der Waals surface area contributed by atoms with Crippen LogP contribution in [0.25, 0.3) is 0 Å². The maximum absolute atomic E-state index is 10.6. The third kappa shape index (κ3) is 4.04. The standard InChI is InChI=1S/C9H18N2O3/c1-7(12)3-10-6-11-4-9(5-11)14-8(2)13/h7,9-10,12H,3-6H2,1-2H3. The van der Waals surface area contributed by atoms with Crippen molar-refractivity contribution in [3.05, 3.63) is 0 Å². The Morgan fingerprint density at radius 1 is 1.71 bits per heavy atom. The quantitative estimate of drug-likeness (QED) is 0.569. The summed E-state index contributed by atoms with van der Waals surface area (Å²) < 4.78 is 4.99. The number of rotatable bonds is 5. The molecular formula is C9H18N2O3. The van der Waals surface area contributed by atoms with E-state index in [4.69, 9.17) is 9.84 Å². The molecule has 1 atom stereocenters. The predicted molar refractivity (Wildman–Crippen MR) is 51.7 cm³/mol. The van der Waals surface area contributed by atoms with Gasteiger partial charge in [0.1, 0.15) is 6.10 Å². The zero-order valence-corrected chi connectivity index (χ0v) is 8.69. The van der Waals surface area contributed by atoms with Crippen LogP contribution in [-0.2, 0) is 9.53 Å². The molecule has 2 N–H and O–H groups in total. The number of nitrogens with zero attached hydrogens (tertiary/aromatic N) is 1. The Hall–Kier alpha value is -0.650. The minimum absolute atomic E-state index is 0.0563. The van der Waals surface area contributed by atoms with Crippen LogP contribution in [-0.4, -0.2) is 54.5 Å². The van der Waals surface area contributed by atoms with Gasteiger partial charge in [-0.2, -0.15) is 0 Å². The molecule has 0 saturated carbocycles. The Morgan fingerprint density at radius 3 is 2.86 bits per heavy atom. The van der Waals surface area contributed by atoms with Gasteiger partial charge in [0.25, 0.3) is 0 Å². The molecule has 82 valence electrons. The normalized spacial score (nSPS) is 20.2. The first kappa shape index (κ1) is 11.4. The van der Waals surface area contributed by atoms with Crippen molar-refractivity contribution < 1.29 is 14.6 Å². The zero-order valence-electron chi connectivity index (χ0n) is 8.69. The largest absolute Gasteiger partial charge is 0.460 e. The Kier molecular flexibility index (Phi) is 4.31. The van der Waals surface area contributed by atoms with Crippen LogP contribution in [0.4, 0.5) is 0 Å². The number of hydrogen-bond acceptors (Lipinski definition) is 5. The fourth-order valence-electron chi connectivity index (χ4n) is 1.39. The second-order valence-corrected chi connectivity index (χ2v) is 3.73. The van der Waals surface area contributed by atoms with Crippen molar-refractivity contribution in [2.75, 3.05) is 26.3 Å². The molecule has 1 aliphatic heterocycles. The van der Waals surface area contributed by atoms with Crippen molar-refractivity contribution in [3.63, 3.8) is 0 Å². The highest BCUT2D eigenvalue weighted by atomic mass is 16.5. The summed E-state index contributed by atoms with van der Waals surface area (Å²) >= 11 is 0. The molecule has 0 spiro atoms. The molecule has 1 unspecified atom stereocenters. The summed E-state index contributed by atoms with van der Waals surface area (Å²) in [5.41, 5.74) is 0. The average molecular weight is 202 g/mol. The monoisotopic (exact) mass is 202 g/mol. The first-order valence-corrected chi connectivity index (χ1v) is 4.86. The lowest BCUT2D eigenvalue weighted by Gasteiger charge is -2.38. The van der Waals surface area contributed by atoms with E-state index in [9.17, 15) is 4.79 Å². The number of hydrogen-bond donors (Lipinski definition) is 2. The molecule has 1 aliphatic rings. The molecule has 0 aromatic heterocycles. The molecule has 0 bridgehead atoms. The lowest BCUT2D eigenvalue weighted by Crippen LogP contribution is -2.55. The van der Waals surface area contributed by atoms with Crippen molar-refractivity contribution in [1.82, 2.24) is 10.2 Å². The topological polar surface area (TPSA) is 61.8 Å². The Labute approximate surface area is 84.0 Å². The van der Waals surface area contributed by atoms with Gasteiger partial charge >= 0.3 is 5.97 Å².